The highest BCUT2D eigenvalue weighted by molar-refractivity contribution is 9.10. The summed E-state index contributed by atoms with van der Waals surface area (Å²) in [5, 5.41) is 16.9. The average molecular weight is 491 g/mol. The van der Waals surface area contributed by atoms with E-state index in [1.165, 1.54) is 6.20 Å². The molecule has 30 heavy (non-hydrogen) atoms. The van der Waals surface area contributed by atoms with Gasteiger partial charge in [-0.25, -0.2) is 21.8 Å². The largest absolute Gasteiger partial charge is 0.507 e. The standard InChI is InChI=1S/C19H12BrFN4O4S/c20-11-1-6-16-14(7-11)15(17(26)8-18(27)19-22-10-23-24-19)9-25(16)30(28,29)13-4-2-12(21)3-5-13/h1-10,26H,(H,22,23,24). The minimum atomic E-state index is -4.10. The van der Waals surface area contributed by atoms with E-state index in [2.05, 4.69) is 31.1 Å². The summed E-state index contributed by atoms with van der Waals surface area (Å²) in [6.07, 6.45) is 3.27. The van der Waals surface area contributed by atoms with Crippen LogP contribution in [-0.4, -0.2) is 38.5 Å². The monoisotopic (exact) mass is 490 g/mol. The molecule has 0 saturated carbocycles. The molecule has 8 nitrogen and oxygen atoms in total. The molecule has 2 aromatic heterocycles. The Morgan fingerprint density at radius 1 is 1.20 bits per heavy atom. The van der Waals surface area contributed by atoms with E-state index < -0.39 is 27.4 Å². The fourth-order valence-electron chi connectivity index (χ4n) is 2.89. The van der Waals surface area contributed by atoms with Gasteiger partial charge in [-0.05, 0) is 42.5 Å². The normalized spacial score (nSPS) is 12.4. The molecule has 4 rings (SSSR count). The molecule has 11 heteroatoms. The zero-order chi connectivity index (χ0) is 21.5. The van der Waals surface area contributed by atoms with Crippen LogP contribution in [0.5, 0.6) is 0 Å². The molecule has 0 radical (unpaired) electrons. The second-order valence-electron chi connectivity index (χ2n) is 6.19. The first-order chi connectivity index (χ1) is 14.3. The highest BCUT2D eigenvalue weighted by Gasteiger charge is 2.23. The Labute approximate surface area is 177 Å². The van der Waals surface area contributed by atoms with E-state index in [1.807, 2.05) is 0 Å². The van der Waals surface area contributed by atoms with Crippen molar-refractivity contribution in [2.75, 3.05) is 0 Å². The van der Waals surface area contributed by atoms with Crippen molar-refractivity contribution >= 4 is 48.4 Å². The number of benzene rings is 2. The van der Waals surface area contributed by atoms with Gasteiger partial charge in [-0.2, -0.15) is 5.10 Å². The molecule has 0 aliphatic rings. The first kappa shape index (κ1) is 20.0. The van der Waals surface area contributed by atoms with Crippen LogP contribution in [0, 0.1) is 5.82 Å². The minimum absolute atomic E-state index is 0.0783. The molecule has 0 aliphatic heterocycles. The van der Waals surface area contributed by atoms with Crippen LogP contribution >= 0.6 is 15.9 Å². The number of hydrogen-bond acceptors (Lipinski definition) is 6. The highest BCUT2D eigenvalue weighted by atomic mass is 79.9. The van der Waals surface area contributed by atoms with Crippen molar-refractivity contribution in [1.29, 1.82) is 0 Å². The molecule has 152 valence electrons. The summed E-state index contributed by atoms with van der Waals surface area (Å²) in [4.78, 5) is 15.8. The molecule has 0 fully saturated rings. The quantitative estimate of drug-likeness (QED) is 0.250. The first-order valence-corrected chi connectivity index (χ1v) is 10.6. The van der Waals surface area contributed by atoms with Gasteiger partial charge in [0.15, 0.2) is 5.82 Å². The number of hydrogen-bond donors (Lipinski definition) is 2. The number of ketones is 1. The second-order valence-corrected chi connectivity index (χ2v) is 8.92. The minimum Gasteiger partial charge on any atom is -0.507 e. The molecule has 0 atom stereocenters. The van der Waals surface area contributed by atoms with Gasteiger partial charge in [0.25, 0.3) is 10.0 Å². The third-order valence-electron chi connectivity index (χ3n) is 4.30. The molecule has 2 N–H and O–H groups in total. The number of carbonyl (C=O) groups is 1. The zero-order valence-electron chi connectivity index (χ0n) is 15.0. The third-order valence-corrected chi connectivity index (χ3v) is 6.48. The van der Waals surface area contributed by atoms with Gasteiger partial charge in [-0.1, -0.05) is 15.9 Å². The number of fused-ring (bicyclic) bond motifs is 1. The fraction of sp³-hybridized carbons (Fsp3) is 0. The first-order valence-electron chi connectivity index (χ1n) is 8.40. The summed E-state index contributed by atoms with van der Waals surface area (Å²) in [5.41, 5.74) is 0.384. The number of allylic oxidation sites excluding steroid dienone is 1. The van der Waals surface area contributed by atoms with Crippen molar-refractivity contribution in [2.45, 2.75) is 4.90 Å². The number of aromatic amines is 1. The lowest BCUT2D eigenvalue weighted by Crippen LogP contribution is -2.11. The predicted octanol–water partition coefficient (Wildman–Crippen LogP) is 3.68. The van der Waals surface area contributed by atoms with Gasteiger partial charge >= 0.3 is 0 Å². The summed E-state index contributed by atoms with van der Waals surface area (Å²) in [7, 11) is -4.10. The van der Waals surface area contributed by atoms with Crippen LogP contribution in [-0.2, 0) is 10.0 Å². The van der Waals surface area contributed by atoms with Crippen molar-refractivity contribution < 1.29 is 22.7 Å². The molecule has 2 heterocycles. The maximum absolute atomic E-state index is 13.2. The molecule has 0 aliphatic carbocycles. The van der Waals surface area contributed by atoms with Crippen LogP contribution in [0.4, 0.5) is 4.39 Å². The Kier molecular flexibility index (Phi) is 5.00. The second kappa shape index (κ2) is 7.50. The summed E-state index contributed by atoms with van der Waals surface area (Å²) in [5.74, 6) is -1.73. The van der Waals surface area contributed by atoms with Crippen LogP contribution in [0.25, 0.3) is 16.7 Å². The van der Waals surface area contributed by atoms with E-state index in [0.29, 0.717) is 9.86 Å². The van der Waals surface area contributed by atoms with Crippen LogP contribution < -0.4 is 0 Å². The Bertz CT molecular complexity index is 1390. The maximum Gasteiger partial charge on any atom is 0.268 e. The van der Waals surface area contributed by atoms with E-state index in [4.69, 9.17) is 0 Å². The maximum atomic E-state index is 13.2. The van der Waals surface area contributed by atoms with Crippen molar-refractivity contribution in [3.63, 3.8) is 0 Å². The van der Waals surface area contributed by atoms with Gasteiger partial charge in [-0.3, -0.25) is 9.89 Å². The van der Waals surface area contributed by atoms with E-state index in [1.54, 1.807) is 18.2 Å². The van der Waals surface area contributed by atoms with Gasteiger partial charge in [0.05, 0.1) is 10.4 Å². The lowest BCUT2D eigenvalue weighted by atomic mass is 10.1. The molecule has 0 bridgehead atoms. The van der Waals surface area contributed by atoms with Crippen molar-refractivity contribution in [2.24, 2.45) is 0 Å². The molecule has 0 unspecified atom stereocenters. The number of aromatic nitrogens is 4. The number of rotatable bonds is 5. The van der Waals surface area contributed by atoms with E-state index in [9.17, 15) is 22.7 Å². The number of aliphatic hydroxyl groups excluding tert-OH is 1. The predicted molar refractivity (Wildman–Crippen MR) is 110 cm³/mol. The van der Waals surface area contributed by atoms with Gasteiger partial charge in [0.2, 0.25) is 5.78 Å². The highest BCUT2D eigenvalue weighted by Crippen LogP contribution is 2.31. The van der Waals surface area contributed by atoms with Crippen molar-refractivity contribution in [3.05, 3.63) is 82.7 Å². The van der Waals surface area contributed by atoms with Crippen molar-refractivity contribution in [1.82, 2.24) is 19.2 Å². The summed E-state index contributed by atoms with van der Waals surface area (Å²) >= 11 is 3.32. The summed E-state index contributed by atoms with van der Waals surface area (Å²) < 4.78 is 41.1. The topological polar surface area (TPSA) is 118 Å². The summed E-state index contributed by atoms with van der Waals surface area (Å²) in [6, 6.07) is 9.20. The lowest BCUT2D eigenvalue weighted by Gasteiger charge is -2.07. The third kappa shape index (κ3) is 3.53. The van der Waals surface area contributed by atoms with Crippen molar-refractivity contribution in [3.8, 4) is 0 Å². The molecule has 4 aromatic rings. The van der Waals surface area contributed by atoms with Gasteiger partial charge in [0.1, 0.15) is 17.9 Å². The lowest BCUT2D eigenvalue weighted by molar-refractivity contribution is 0.103. The SMILES string of the molecule is O=C(C=C(O)c1cn(S(=O)(=O)c2ccc(F)cc2)c2ccc(Br)cc12)c1ncn[nH]1. The Balaban J connectivity index is 1.89. The molecular formula is C19H12BrFN4O4S. The number of nitrogens with zero attached hydrogens (tertiary/aromatic N) is 3. The number of halogens is 2. The number of H-pyrrole nitrogens is 1. The van der Waals surface area contributed by atoms with E-state index in [0.717, 1.165) is 40.6 Å². The molecule has 0 amide bonds. The van der Waals surface area contributed by atoms with Crippen LogP contribution in [0.15, 0.2) is 70.4 Å². The number of carbonyl (C=O) groups excluding carboxylic acids is 1. The zero-order valence-corrected chi connectivity index (χ0v) is 17.4. The van der Waals surface area contributed by atoms with Crippen LogP contribution in [0.2, 0.25) is 0 Å². The Morgan fingerprint density at radius 2 is 1.93 bits per heavy atom. The van der Waals surface area contributed by atoms with E-state index >= 15 is 0 Å². The Morgan fingerprint density at radius 3 is 2.60 bits per heavy atom. The number of nitrogens with one attached hydrogen (secondary N) is 1. The molecule has 0 saturated heterocycles. The van der Waals surface area contributed by atoms with Gasteiger partial charge < -0.3 is 5.11 Å². The number of aliphatic hydroxyl groups is 1. The van der Waals surface area contributed by atoms with Crippen LogP contribution in [0.1, 0.15) is 16.2 Å². The smallest absolute Gasteiger partial charge is 0.268 e. The molecule has 2 aromatic carbocycles. The average Bonchev–Trinajstić information content (AvgIpc) is 3.36. The Hall–Kier alpha value is -3.31. The van der Waals surface area contributed by atoms with Crippen LogP contribution in [0.3, 0.4) is 0 Å². The summed E-state index contributed by atoms with van der Waals surface area (Å²) in [6.45, 7) is 0. The van der Waals surface area contributed by atoms with Gasteiger partial charge in [-0.15, -0.1) is 0 Å². The fourth-order valence-corrected chi connectivity index (χ4v) is 4.62. The van der Waals surface area contributed by atoms with Gasteiger partial charge in [0, 0.05) is 27.7 Å². The van der Waals surface area contributed by atoms with E-state index in [-0.39, 0.29) is 21.8 Å². The molecule has 0 spiro atoms. The molecular weight excluding hydrogens is 479 g/mol.